The van der Waals surface area contributed by atoms with Crippen LogP contribution >= 0.6 is 0 Å². The van der Waals surface area contributed by atoms with Crippen molar-refractivity contribution in [2.24, 2.45) is 0 Å². The molecule has 0 aliphatic carbocycles. The van der Waals surface area contributed by atoms with Gasteiger partial charge in [-0.15, -0.1) is 0 Å². The first-order chi connectivity index (χ1) is 8.36. The van der Waals surface area contributed by atoms with Gasteiger partial charge in [0.05, 0.1) is 12.2 Å². The Morgan fingerprint density at radius 1 is 1.39 bits per heavy atom. The van der Waals surface area contributed by atoms with E-state index in [1.54, 1.807) is 0 Å². The summed E-state index contributed by atoms with van der Waals surface area (Å²) < 4.78 is 36.9. The lowest BCUT2D eigenvalue weighted by Gasteiger charge is -2.25. The Labute approximate surface area is 99.1 Å². The van der Waals surface area contributed by atoms with Gasteiger partial charge in [0.25, 0.3) is 0 Å². The second-order valence-corrected chi connectivity index (χ2v) is 3.80. The van der Waals surface area contributed by atoms with Crippen LogP contribution in [0.1, 0.15) is 17.8 Å². The zero-order valence-electron chi connectivity index (χ0n) is 9.04. The summed E-state index contributed by atoms with van der Waals surface area (Å²) in [6.07, 6.45) is -4.39. The number of hydrogen-bond acceptors (Lipinski definition) is 3. The third-order valence-electron chi connectivity index (χ3n) is 2.42. The van der Waals surface area contributed by atoms with Crippen LogP contribution in [0.15, 0.2) is 6.07 Å². The van der Waals surface area contributed by atoms with Crippen molar-refractivity contribution in [1.29, 1.82) is 0 Å². The molecule has 1 aliphatic heterocycles. The van der Waals surface area contributed by atoms with Crippen molar-refractivity contribution in [2.75, 3.05) is 6.54 Å². The molecule has 1 aromatic heterocycles. The minimum atomic E-state index is -4.52. The van der Waals surface area contributed by atoms with E-state index >= 15 is 0 Å². The molecule has 0 radical (unpaired) electrons. The molecule has 3 amide bonds. The molecule has 1 aromatic rings. The van der Waals surface area contributed by atoms with Crippen molar-refractivity contribution in [3.8, 4) is 0 Å². The molecule has 1 saturated heterocycles. The van der Waals surface area contributed by atoms with Gasteiger partial charge in [-0.2, -0.15) is 18.3 Å². The van der Waals surface area contributed by atoms with Crippen LogP contribution in [0, 0.1) is 0 Å². The molecular weight excluding hydrogens is 253 g/mol. The number of aromatic nitrogens is 2. The fourth-order valence-electron chi connectivity index (χ4n) is 1.54. The number of rotatable bonds is 2. The normalized spacial score (nSPS) is 16.9. The van der Waals surface area contributed by atoms with Gasteiger partial charge in [-0.25, -0.2) is 4.79 Å². The fraction of sp³-hybridized carbons (Fsp3) is 0.444. The maximum Gasteiger partial charge on any atom is 0.435 e. The number of H-pyrrole nitrogens is 1. The average molecular weight is 262 g/mol. The number of hydrogen-bond donors (Lipinski definition) is 2. The Morgan fingerprint density at radius 2 is 2.11 bits per heavy atom. The van der Waals surface area contributed by atoms with Crippen LogP contribution in [0.25, 0.3) is 0 Å². The number of aromatic amines is 1. The highest BCUT2D eigenvalue weighted by Gasteiger charge is 2.34. The van der Waals surface area contributed by atoms with Gasteiger partial charge in [0.15, 0.2) is 5.69 Å². The third-order valence-corrected chi connectivity index (χ3v) is 2.42. The van der Waals surface area contributed by atoms with E-state index in [4.69, 9.17) is 0 Å². The zero-order valence-corrected chi connectivity index (χ0v) is 9.04. The van der Waals surface area contributed by atoms with Crippen LogP contribution in [0.4, 0.5) is 18.0 Å². The van der Waals surface area contributed by atoms with Crippen LogP contribution in [0.5, 0.6) is 0 Å². The minimum absolute atomic E-state index is 0.0534. The van der Waals surface area contributed by atoms with Crippen molar-refractivity contribution in [2.45, 2.75) is 19.1 Å². The van der Waals surface area contributed by atoms with Crippen LogP contribution in [-0.4, -0.2) is 33.6 Å². The molecule has 6 nitrogen and oxygen atoms in total. The summed E-state index contributed by atoms with van der Waals surface area (Å²) in [5.74, 6) is -0.392. The summed E-state index contributed by atoms with van der Waals surface area (Å²) >= 11 is 0. The Balaban J connectivity index is 2.04. The predicted molar refractivity (Wildman–Crippen MR) is 52.2 cm³/mol. The highest BCUT2D eigenvalue weighted by molar-refractivity contribution is 5.96. The largest absolute Gasteiger partial charge is 0.435 e. The summed E-state index contributed by atoms with van der Waals surface area (Å²) in [5, 5.41) is 7.41. The number of nitrogens with zero attached hydrogens (tertiary/aromatic N) is 2. The van der Waals surface area contributed by atoms with E-state index in [0.29, 0.717) is 0 Å². The van der Waals surface area contributed by atoms with Gasteiger partial charge in [0, 0.05) is 13.0 Å². The van der Waals surface area contributed by atoms with Crippen molar-refractivity contribution in [3.63, 3.8) is 0 Å². The number of nitrogens with one attached hydrogen (secondary N) is 2. The van der Waals surface area contributed by atoms with Gasteiger partial charge in [0.1, 0.15) is 0 Å². The van der Waals surface area contributed by atoms with Crippen molar-refractivity contribution >= 4 is 11.9 Å². The molecular formula is C9H9F3N4O2. The van der Waals surface area contributed by atoms with Crippen LogP contribution in [0.2, 0.25) is 0 Å². The van der Waals surface area contributed by atoms with Crippen molar-refractivity contribution in [3.05, 3.63) is 17.5 Å². The van der Waals surface area contributed by atoms with Gasteiger partial charge >= 0.3 is 12.2 Å². The molecule has 0 unspecified atom stereocenters. The Kier molecular flexibility index (Phi) is 2.97. The number of carbonyl (C=O) groups is 2. The Bertz CT molecular complexity index is 482. The molecule has 1 aliphatic rings. The quantitative estimate of drug-likeness (QED) is 0.830. The number of halogens is 3. The smallest absolute Gasteiger partial charge is 0.318 e. The van der Waals surface area contributed by atoms with E-state index in [9.17, 15) is 22.8 Å². The lowest BCUT2D eigenvalue weighted by molar-refractivity contribution is -0.141. The first kappa shape index (κ1) is 12.4. The highest BCUT2D eigenvalue weighted by Crippen LogP contribution is 2.27. The molecule has 9 heteroatoms. The molecule has 0 aromatic carbocycles. The van der Waals surface area contributed by atoms with Gasteiger partial charge in [-0.05, 0) is 6.07 Å². The van der Waals surface area contributed by atoms with Gasteiger partial charge < -0.3 is 4.90 Å². The van der Waals surface area contributed by atoms with Crippen molar-refractivity contribution < 1.29 is 22.8 Å². The first-order valence-corrected chi connectivity index (χ1v) is 5.06. The standard InChI is InChI=1S/C9H9F3N4O2/c10-9(11,12)6-3-5(14-15-6)4-16-2-1-7(17)13-8(16)18/h3H,1-2,4H2,(H,14,15)(H,13,17,18). The second-order valence-electron chi connectivity index (χ2n) is 3.80. The molecule has 98 valence electrons. The summed E-state index contributed by atoms with van der Waals surface area (Å²) in [4.78, 5) is 23.5. The van der Waals surface area contributed by atoms with E-state index in [0.717, 1.165) is 6.07 Å². The van der Waals surface area contributed by atoms with Crippen LogP contribution in [0.3, 0.4) is 0 Å². The third kappa shape index (κ3) is 2.60. The van der Waals surface area contributed by atoms with E-state index in [2.05, 4.69) is 15.5 Å². The second kappa shape index (κ2) is 4.31. The SMILES string of the molecule is O=C1CCN(Cc2cc(C(F)(F)F)n[nH]2)C(=O)N1. The molecule has 0 spiro atoms. The topological polar surface area (TPSA) is 78.1 Å². The average Bonchev–Trinajstić information content (AvgIpc) is 2.70. The van der Waals surface area contributed by atoms with E-state index in [1.807, 2.05) is 0 Å². The fourth-order valence-corrected chi connectivity index (χ4v) is 1.54. The molecule has 0 bridgehead atoms. The van der Waals surface area contributed by atoms with Crippen LogP contribution in [-0.2, 0) is 17.5 Å². The number of carbonyl (C=O) groups excluding carboxylic acids is 2. The van der Waals surface area contributed by atoms with Gasteiger partial charge in [0.2, 0.25) is 5.91 Å². The van der Waals surface area contributed by atoms with Crippen LogP contribution < -0.4 is 5.32 Å². The molecule has 18 heavy (non-hydrogen) atoms. The summed E-state index contributed by atoms with van der Waals surface area (Å²) in [6, 6.07) is 0.221. The summed E-state index contributed by atoms with van der Waals surface area (Å²) in [7, 11) is 0. The zero-order chi connectivity index (χ0) is 13.3. The van der Waals surface area contributed by atoms with E-state index < -0.39 is 23.8 Å². The maximum absolute atomic E-state index is 12.3. The molecule has 0 saturated carbocycles. The highest BCUT2D eigenvalue weighted by atomic mass is 19.4. The minimum Gasteiger partial charge on any atom is -0.318 e. The maximum atomic E-state index is 12.3. The van der Waals surface area contributed by atoms with Gasteiger partial charge in [-0.3, -0.25) is 15.2 Å². The van der Waals surface area contributed by atoms with E-state index in [1.165, 1.54) is 4.90 Å². The lowest BCUT2D eigenvalue weighted by atomic mass is 10.2. The summed E-state index contributed by atoms with van der Waals surface area (Å²) in [5.41, 5.74) is -0.877. The lowest BCUT2D eigenvalue weighted by Crippen LogP contribution is -2.48. The predicted octanol–water partition coefficient (Wildman–Crippen LogP) is 0.870. The molecule has 2 heterocycles. The Morgan fingerprint density at radius 3 is 2.67 bits per heavy atom. The van der Waals surface area contributed by atoms with Crippen molar-refractivity contribution in [1.82, 2.24) is 20.4 Å². The number of imide groups is 1. The number of alkyl halides is 3. The molecule has 1 fully saturated rings. The molecule has 0 atom stereocenters. The number of urea groups is 1. The monoisotopic (exact) mass is 262 g/mol. The first-order valence-electron chi connectivity index (χ1n) is 5.06. The number of amides is 3. The molecule has 2 rings (SSSR count). The van der Waals surface area contributed by atoms with E-state index in [-0.39, 0.29) is 25.2 Å². The summed E-state index contributed by atoms with van der Waals surface area (Å²) in [6.45, 7) is 0.118. The van der Waals surface area contributed by atoms with Gasteiger partial charge in [-0.1, -0.05) is 0 Å². The Hall–Kier alpha value is -2.06. The molecule has 2 N–H and O–H groups in total.